The van der Waals surface area contributed by atoms with Crippen LogP contribution >= 0.6 is 24.0 Å². The van der Waals surface area contributed by atoms with E-state index in [1.54, 1.807) is 30.6 Å². The normalized spacial score (nSPS) is 19.0. The van der Waals surface area contributed by atoms with Gasteiger partial charge in [-0.25, -0.2) is 4.79 Å². The van der Waals surface area contributed by atoms with Crippen LogP contribution in [0.25, 0.3) is 6.08 Å². The van der Waals surface area contributed by atoms with Gasteiger partial charge in [-0.3, -0.25) is 14.7 Å². The fourth-order valence-corrected chi connectivity index (χ4v) is 2.96. The van der Waals surface area contributed by atoms with E-state index in [-0.39, 0.29) is 10.2 Å². The summed E-state index contributed by atoms with van der Waals surface area (Å²) in [6.07, 6.45) is 4.91. The molecule has 5 nitrogen and oxygen atoms in total. The lowest BCUT2D eigenvalue weighted by Crippen LogP contribution is -2.41. The minimum absolute atomic E-state index is 0.259. The SMILES string of the molecule is C[C@@H](C(=O)O)N1C(=O)/C(=C\c2cccnc2)SC1=S. The third kappa shape index (κ3) is 2.82. The molecule has 1 aliphatic heterocycles. The lowest BCUT2D eigenvalue weighted by Gasteiger charge is -2.18. The van der Waals surface area contributed by atoms with E-state index < -0.39 is 12.0 Å². The highest BCUT2D eigenvalue weighted by molar-refractivity contribution is 8.26. The molecule has 1 N–H and O–H groups in total. The van der Waals surface area contributed by atoms with Crippen molar-refractivity contribution in [3.05, 3.63) is 35.0 Å². The van der Waals surface area contributed by atoms with Gasteiger partial charge >= 0.3 is 5.97 Å². The number of aromatic nitrogens is 1. The molecule has 0 bridgehead atoms. The number of amides is 1. The molecular formula is C12H10N2O3S2. The summed E-state index contributed by atoms with van der Waals surface area (Å²) in [5, 5.41) is 8.96. The number of rotatable bonds is 3. The molecule has 1 aromatic heterocycles. The molecule has 1 saturated heterocycles. The number of carbonyl (C=O) groups excluding carboxylic acids is 1. The lowest BCUT2D eigenvalue weighted by molar-refractivity contribution is -0.144. The number of hydrogen-bond acceptors (Lipinski definition) is 5. The Labute approximate surface area is 119 Å². The van der Waals surface area contributed by atoms with E-state index in [9.17, 15) is 9.59 Å². The minimum Gasteiger partial charge on any atom is -0.480 e. The number of carbonyl (C=O) groups is 2. The van der Waals surface area contributed by atoms with Crippen molar-refractivity contribution in [3.8, 4) is 0 Å². The number of thioether (sulfide) groups is 1. The van der Waals surface area contributed by atoms with Gasteiger partial charge in [0.2, 0.25) is 0 Å². The average molecular weight is 294 g/mol. The molecular weight excluding hydrogens is 284 g/mol. The van der Waals surface area contributed by atoms with Crippen LogP contribution in [-0.4, -0.2) is 37.2 Å². The first-order valence-corrected chi connectivity index (χ1v) is 6.63. The zero-order valence-corrected chi connectivity index (χ0v) is 11.6. The fraction of sp³-hybridized carbons (Fsp3) is 0.167. The van der Waals surface area contributed by atoms with E-state index in [4.69, 9.17) is 17.3 Å². The van der Waals surface area contributed by atoms with Crippen LogP contribution in [0.5, 0.6) is 0 Å². The van der Waals surface area contributed by atoms with Crippen LogP contribution in [0.3, 0.4) is 0 Å². The minimum atomic E-state index is -1.08. The van der Waals surface area contributed by atoms with Gasteiger partial charge in [-0.2, -0.15) is 0 Å². The van der Waals surface area contributed by atoms with Gasteiger partial charge in [-0.05, 0) is 24.6 Å². The molecule has 7 heteroatoms. The second-order valence-electron chi connectivity index (χ2n) is 3.85. The third-order valence-corrected chi connectivity index (χ3v) is 3.88. The lowest BCUT2D eigenvalue weighted by atomic mass is 10.2. The van der Waals surface area contributed by atoms with Gasteiger partial charge < -0.3 is 5.11 Å². The van der Waals surface area contributed by atoms with Crippen molar-refractivity contribution in [3.63, 3.8) is 0 Å². The second-order valence-corrected chi connectivity index (χ2v) is 5.53. The Kier molecular flexibility index (Phi) is 3.96. The van der Waals surface area contributed by atoms with Crippen LogP contribution in [0.4, 0.5) is 0 Å². The van der Waals surface area contributed by atoms with E-state index in [2.05, 4.69) is 4.98 Å². The zero-order chi connectivity index (χ0) is 14.0. The van der Waals surface area contributed by atoms with Crippen LogP contribution in [0, 0.1) is 0 Å². The number of aliphatic carboxylic acids is 1. The van der Waals surface area contributed by atoms with Crippen molar-refractivity contribution in [1.82, 2.24) is 9.88 Å². The van der Waals surface area contributed by atoms with Crippen molar-refractivity contribution >= 4 is 46.3 Å². The molecule has 1 aliphatic rings. The van der Waals surface area contributed by atoms with Crippen LogP contribution < -0.4 is 0 Å². The summed E-state index contributed by atoms with van der Waals surface area (Å²) in [6.45, 7) is 1.43. The van der Waals surface area contributed by atoms with Gasteiger partial charge in [0, 0.05) is 12.4 Å². The Morgan fingerprint density at radius 3 is 2.95 bits per heavy atom. The smallest absolute Gasteiger partial charge is 0.326 e. The molecule has 2 heterocycles. The number of pyridine rings is 1. The monoisotopic (exact) mass is 294 g/mol. The van der Waals surface area contributed by atoms with Crippen molar-refractivity contribution in [2.75, 3.05) is 0 Å². The van der Waals surface area contributed by atoms with Crippen molar-refractivity contribution < 1.29 is 14.7 Å². The highest BCUT2D eigenvalue weighted by Gasteiger charge is 2.38. The van der Waals surface area contributed by atoms with Gasteiger partial charge in [0.15, 0.2) is 0 Å². The topological polar surface area (TPSA) is 70.5 Å². The first kappa shape index (κ1) is 13.7. The number of thiocarbonyl (C=S) groups is 1. The van der Waals surface area contributed by atoms with Crippen molar-refractivity contribution in [2.24, 2.45) is 0 Å². The van der Waals surface area contributed by atoms with Crippen LogP contribution in [0.2, 0.25) is 0 Å². The summed E-state index contributed by atoms with van der Waals surface area (Å²) >= 11 is 6.15. The Bertz CT molecular complexity index is 572. The molecule has 0 radical (unpaired) electrons. The number of hydrogen-bond donors (Lipinski definition) is 1. The first-order valence-electron chi connectivity index (χ1n) is 5.40. The summed E-state index contributed by atoms with van der Waals surface area (Å²) in [5.74, 6) is -1.47. The zero-order valence-electron chi connectivity index (χ0n) is 9.94. The molecule has 1 fully saturated rings. The fourth-order valence-electron chi connectivity index (χ4n) is 1.54. The molecule has 98 valence electrons. The van der Waals surface area contributed by atoms with E-state index in [0.29, 0.717) is 4.91 Å². The Morgan fingerprint density at radius 1 is 1.63 bits per heavy atom. The molecule has 1 amide bonds. The highest BCUT2D eigenvalue weighted by atomic mass is 32.2. The molecule has 0 saturated carbocycles. The van der Waals surface area contributed by atoms with E-state index in [1.165, 1.54) is 6.92 Å². The van der Waals surface area contributed by atoms with Crippen molar-refractivity contribution in [2.45, 2.75) is 13.0 Å². The quantitative estimate of drug-likeness (QED) is 0.676. The largest absolute Gasteiger partial charge is 0.480 e. The molecule has 0 aliphatic carbocycles. The van der Waals surface area contributed by atoms with Gasteiger partial charge in [0.1, 0.15) is 10.4 Å². The predicted octanol–water partition coefficient (Wildman–Crippen LogP) is 1.76. The number of carboxylic acids is 1. The summed E-state index contributed by atoms with van der Waals surface area (Å²) in [6, 6.07) is 2.60. The Morgan fingerprint density at radius 2 is 2.37 bits per heavy atom. The molecule has 19 heavy (non-hydrogen) atoms. The maximum absolute atomic E-state index is 12.1. The highest BCUT2D eigenvalue weighted by Crippen LogP contribution is 2.33. The van der Waals surface area contributed by atoms with E-state index in [1.807, 2.05) is 0 Å². The molecule has 1 aromatic rings. The van der Waals surface area contributed by atoms with Gasteiger partial charge in [-0.1, -0.05) is 30.0 Å². The van der Waals surface area contributed by atoms with Crippen LogP contribution in [-0.2, 0) is 9.59 Å². The van der Waals surface area contributed by atoms with Crippen LogP contribution in [0.15, 0.2) is 29.4 Å². The summed E-state index contributed by atoms with van der Waals surface area (Å²) in [5.41, 5.74) is 0.769. The molecule has 1 atom stereocenters. The Hall–Kier alpha value is -1.73. The summed E-state index contributed by atoms with van der Waals surface area (Å²) < 4.78 is 0.259. The molecule has 0 aromatic carbocycles. The van der Waals surface area contributed by atoms with Gasteiger partial charge in [0.05, 0.1) is 4.91 Å². The van der Waals surface area contributed by atoms with E-state index in [0.717, 1.165) is 22.2 Å². The summed E-state index contributed by atoms with van der Waals surface area (Å²) in [4.78, 5) is 28.6. The average Bonchev–Trinajstić information content (AvgIpc) is 2.65. The third-order valence-electron chi connectivity index (χ3n) is 2.55. The van der Waals surface area contributed by atoms with Gasteiger partial charge in [0.25, 0.3) is 5.91 Å². The maximum Gasteiger partial charge on any atom is 0.326 e. The molecule has 2 rings (SSSR count). The van der Waals surface area contributed by atoms with Crippen LogP contribution in [0.1, 0.15) is 12.5 Å². The number of carboxylic acid groups (broad SMARTS) is 1. The maximum atomic E-state index is 12.1. The molecule has 0 spiro atoms. The van der Waals surface area contributed by atoms with Gasteiger partial charge in [-0.15, -0.1) is 0 Å². The predicted molar refractivity (Wildman–Crippen MR) is 76.3 cm³/mol. The first-order chi connectivity index (χ1) is 9.00. The standard InChI is InChI=1S/C12H10N2O3S2/c1-7(11(16)17)14-10(15)9(19-12(14)18)5-8-3-2-4-13-6-8/h2-7H,1H3,(H,16,17)/b9-5+/t7-/m0/s1. The number of nitrogens with zero attached hydrogens (tertiary/aromatic N) is 2. The Balaban J connectivity index is 2.28. The van der Waals surface area contributed by atoms with E-state index >= 15 is 0 Å². The second kappa shape index (κ2) is 5.50. The molecule has 0 unspecified atom stereocenters. The summed E-state index contributed by atoms with van der Waals surface area (Å²) in [7, 11) is 0. The van der Waals surface area contributed by atoms with Crippen molar-refractivity contribution in [1.29, 1.82) is 0 Å².